The van der Waals surface area contributed by atoms with Crippen molar-refractivity contribution >= 4 is 33.0 Å². The molecule has 1 aliphatic rings. The van der Waals surface area contributed by atoms with Crippen molar-refractivity contribution in [3.05, 3.63) is 71.2 Å². The molecule has 0 spiro atoms. The maximum absolute atomic E-state index is 12.5. The highest BCUT2D eigenvalue weighted by Gasteiger charge is 2.28. The molecule has 28 heavy (non-hydrogen) atoms. The number of carbonyl (C=O) groups excluding carboxylic acids is 1. The lowest BCUT2D eigenvalue weighted by Gasteiger charge is -2.17. The number of rotatable bonds is 5. The Kier molecular flexibility index (Phi) is 5.15. The molecule has 0 bridgehead atoms. The van der Waals surface area contributed by atoms with E-state index in [2.05, 4.69) is 10.3 Å². The number of anilines is 1. The van der Waals surface area contributed by atoms with Crippen LogP contribution in [0.4, 0.5) is 5.69 Å². The number of hydrogen-bond acceptors (Lipinski definition) is 5. The Bertz CT molecular complexity index is 1090. The molecule has 1 fully saturated rings. The molecule has 1 N–H and O–H groups in total. The minimum absolute atomic E-state index is 0.150. The fraction of sp³-hybridized carbons (Fsp3) is 0.200. The fourth-order valence-corrected chi connectivity index (χ4v) is 5.49. The van der Waals surface area contributed by atoms with Gasteiger partial charge < -0.3 is 5.32 Å². The molecule has 144 valence electrons. The first-order chi connectivity index (χ1) is 13.5. The van der Waals surface area contributed by atoms with Crippen molar-refractivity contribution in [2.45, 2.75) is 13.0 Å². The number of aromatic nitrogens is 1. The smallest absolute Gasteiger partial charge is 0.251 e. The SMILES string of the molecule is O=C(NCc1csc(-c2ccccc2)n1)c1cccc(N2CCCS2(=O)=O)c1. The summed E-state index contributed by atoms with van der Waals surface area (Å²) >= 11 is 1.53. The number of hydrogen-bond donors (Lipinski definition) is 1. The lowest BCUT2D eigenvalue weighted by molar-refractivity contribution is 0.0950. The van der Waals surface area contributed by atoms with Crippen LogP contribution in [0.1, 0.15) is 22.5 Å². The van der Waals surface area contributed by atoms with Crippen LogP contribution in [0, 0.1) is 0 Å². The highest BCUT2D eigenvalue weighted by Crippen LogP contribution is 2.25. The van der Waals surface area contributed by atoms with Crippen molar-refractivity contribution in [2.75, 3.05) is 16.6 Å². The molecule has 4 rings (SSSR count). The lowest BCUT2D eigenvalue weighted by atomic mass is 10.2. The van der Waals surface area contributed by atoms with E-state index < -0.39 is 10.0 Å². The van der Waals surface area contributed by atoms with Gasteiger partial charge >= 0.3 is 0 Å². The zero-order chi connectivity index (χ0) is 19.6. The third kappa shape index (κ3) is 3.93. The van der Waals surface area contributed by atoms with E-state index in [9.17, 15) is 13.2 Å². The number of thiazole rings is 1. The van der Waals surface area contributed by atoms with E-state index in [-0.39, 0.29) is 11.7 Å². The van der Waals surface area contributed by atoms with Gasteiger partial charge in [0.05, 0.1) is 23.7 Å². The first-order valence-electron chi connectivity index (χ1n) is 8.91. The number of benzene rings is 2. The topological polar surface area (TPSA) is 79.4 Å². The average Bonchev–Trinajstić information content (AvgIpc) is 3.33. The molecule has 0 radical (unpaired) electrons. The van der Waals surface area contributed by atoms with Gasteiger partial charge in [0.2, 0.25) is 10.0 Å². The van der Waals surface area contributed by atoms with Crippen LogP contribution in [0.15, 0.2) is 60.0 Å². The monoisotopic (exact) mass is 413 g/mol. The minimum Gasteiger partial charge on any atom is -0.346 e. The van der Waals surface area contributed by atoms with E-state index in [4.69, 9.17) is 0 Å². The molecule has 3 aromatic rings. The average molecular weight is 414 g/mol. The van der Waals surface area contributed by atoms with Gasteiger partial charge in [0.15, 0.2) is 0 Å². The molecule has 0 saturated carbocycles. The first kappa shape index (κ1) is 18.6. The third-order valence-corrected chi connectivity index (χ3v) is 7.31. The number of nitrogens with zero attached hydrogens (tertiary/aromatic N) is 2. The van der Waals surface area contributed by atoms with Gasteiger partial charge in [-0.25, -0.2) is 13.4 Å². The molecule has 2 heterocycles. The summed E-state index contributed by atoms with van der Waals surface area (Å²) in [7, 11) is -3.27. The van der Waals surface area contributed by atoms with Crippen LogP contribution in [0.25, 0.3) is 10.6 Å². The molecule has 0 aliphatic carbocycles. The van der Waals surface area contributed by atoms with Crippen molar-refractivity contribution in [1.29, 1.82) is 0 Å². The highest BCUT2D eigenvalue weighted by molar-refractivity contribution is 7.93. The standard InChI is InChI=1S/C20H19N3O3S2/c24-19(16-8-4-9-18(12-16)23-10-5-11-28(23,25)26)21-13-17-14-27-20(22-17)15-6-2-1-3-7-15/h1-4,6-9,12,14H,5,10-11,13H2,(H,21,24). The summed E-state index contributed by atoms with van der Waals surface area (Å²) in [4.78, 5) is 17.1. The second-order valence-electron chi connectivity index (χ2n) is 6.48. The van der Waals surface area contributed by atoms with Crippen LogP contribution in [0.2, 0.25) is 0 Å². The summed E-state index contributed by atoms with van der Waals surface area (Å²) in [6.45, 7) is 0.767. The first-order valence-corrected chi connectivity index (χ1v) is 11.4. The molecule has 0 unspecified atom stereocenters. The van der Waals surface area contributed by atoms with Crippen LogP contribution < -0.4 is 9.62 Å². The van der Waals surface area contributed by atoms with Gasteiger partial charge in [0.25, 0.3) is 5.91 Å². The Morgan fingerprint density at radius 1 is 1.14 bits per heavy atom. The van der Waals surface area contributed by atoms with Crippen molar-refractivity contribution < 1.29 is 13.2 Å². The molecular formula is C20H19N3O3S2. The van der Waals surface area contributed by atoms with E-state index in [1.54, 1.807) is 24.3 Å². The van der Waals surface area contributed by atoms with Crippen LogP contribution in [0.3, 0.4) is 0 Å². The molecule has 2 aromatic carbocycles. The number of carbonyl (C=O) groups is 1. The predicted octanol–water partition coefficient (Wildman–Crippen LogP) is 3.28. The number of nitrogens with one attached hydrogen (secondary N) is 1. The highest BCUT2D eigenvalue weighted by atomic mass is 32.2. The second-order valence-corrected chi connectivity index (χ2v) is 9.36. The molecule has 6 nitrogen and oxygen atoms in total. The largest absolute Gasteiger partial charge is 0.346 e. The molecule has 1 saturated heterocycles. The van der Waals surface area contributed by atoms with Gasteiger partial charge in [0, 0.05) is 23.1 Å². The molecule has 0 atom stereocenters. The Labute approximate surface area is 167 Å². The van der Waals surface area contributed by atoms with Gasteiger partial charge in [-0.1, -0.05) is 36.4 Å². The lowest BCUT2D eigenvalue weighted by Crippen LogP contribution is -2.26. The Hall–Kier alpha value is -2.71. The van der Waals surface area contributed by atoms with E-state index in [0.717, 1.165) is 16.3 Å². The number of sulfonamides is 1. The van der Waals surface area contributed by atoms with E-state index >= 15 is 0 Å². The van der Waals surface area contributed by atoms with Gasteiger partial charge in [0.1, 0.15) is 5.01 Å². The summed E-state index contributed by atoms with van der Waals surface area (Å²) in [5.41, 5.74) is 2.79. The summed E-state index contributed by atoms with van der Waals surface area (Å²) in [6.07, 6.45) is 0.604. The van der Waals surface area contributed by atoms with Crippen molar-refractivity contribution in [2.24, 2.45) is 0 Å². The van der Waals surface area contributed by atoms with Gasteiger partial charge in [-0.15, -0.1) is 11.3 Å². The van der Waals surface area contributed by atoms with Crippen LogP contribution in [-0.2, 0) is 16.6 Å². The van der Waals surface area contributed by atoms with Crippen molar-refractivity contribution in [3.63, 3.8) is 0 Å². The minimum atomic E-state index is -3.27. The predicted molar refractivity (Wildman–Crippen MR) is 111 cm³/mol. The Morgan fingerprint density at radius 2 is 1.96 bits per heavy atom. The maximum Gasteiger partial charge on any atom is 0.251 e. The van der Waals surface area contributed by atoms with Gasteiger partial charge in [-0.3, -0.25) is 9.10 Å². The van der Waals surface area contributed by atoms with Crippen molar-refractivity contribution in [3.8, 4) is 10.6 Å². The summed E-state index contributed by atoms with van der Waals surface area (Å²) in [5, 5.41) is 5.69. The molecule has 1 aliphatic heterocycles. The van der Waals surface area contributed by atoms with E-state index in [1.807, 2.05) is 35.7 Å². The fourth-order valence-electron chi connectivity index (χ4n) is 3.11. The quantitative estimate of drug-likeness (QED) is 0.696. The number of amides is 1. The van der Waals surface area contributed by atoms with Crippen LogP contribution in [-0.4, -0.2) is 31.6 Å². The summed E-state index contributed by atoms with van der Waals surface area (Å²) < 4.78 is 25.6. The van der Waals surface area contributed by atoms with E-state index in [0.29, 0.717) is 30.8 Å². The summed E-state index contributed by atoms with van der Waals surface area (Å²) in [6, 6.07) is 16.6. The van der Waals surface area contributed by atoms with Gasteiger partial charge in [-0.05, 0) is 24.6 Å². The maximum atomic E-state index is 12.5. The second kappa shape index (κ2) is 7.73. The molecule has 1 amide bonds. The molecular weight excluding hydrogens is 394 g/mol. The molecule has 8 heteroatoms. The normalized spacial score (nSPS) is 15.5. The van der Waals surface area contributed by atoms with Crippen LogP contribution >= 0.6 is 11.3 Å². The van der Waals surface area contributed by atoms with E-state index in [1.165, 1.54) is 15.6 Å². The Balaban J connectivity index is 1.43. The third-order valence-electron chi connectivity index (χ3n) is 4.50. The van der Waals surface area contributed by atoms with Crippen LogP contribution in [0.5, 0.6) is 0 Å². The zero-order valence-electron chi connectivity index (χ0n) is 15.0. The summed E-state index contributed by atoms with van der Waals surface area (Å²) in [5.74, 6) is -0.107. The molecule has 1 aromatic heterocycles. The van der Waals surface area contributed by atoms with Crippen molar-refractivity contribution in [1.82, 2.24) is 10.3 Å². The Morgan fingerprint density at radius 3 is 2.71 bits per heavy atom. The zero-order valence-corrected chi connectivity index (χ0v) is 16.7. The van der Waals surface area contributed by atoms with Gasteiger partial charge in [-0.2, -0.15) is 0 Å².